The number of rotatable bonds is 7. The maximum atomic E-state index is 13.8. The molecule has 3 rings (SSSR count). The fraction of sp³-hybridized carbons (Fsp3) is 0.269. The normalized spacial score (nSPS) is 11.6. The summed E-state index contributed by atoms with van der Waals surface area (Å²) in [4.78, 5) is 13.3. The number of hydrogen-bond donors (Lipinski definition) is 1. The van der Waals surface area contributed by atoms with E-state index in [9.17, 15) is 13.2 Å². The SMILES string of the molecule is Cc1cc(C)c(S(=O)(=O)N(CC(=O)Nc2c(C)cccc2C)Cc2ccccc2)c(C)c1. The number of hydrogen-bond acceptors (Lipinski definition) is 3. The summed E-state index contributed by atoms with van der Waals surface area (Å²) in [5.41, 5.74) is 5.76. The van der Waals surface area contributed by atoms with Crippen molar-refractivity contribution in [2.24, 2.45) is 0 Å². The number of aryl methyl sites for hydroxylation is 5. The van der Waals surface area contributed by atoms with Gasteiger partial charge in [0, 0.05) is 12.2 Å². The number of benzene rings is 3. The first kappa shape index (κ1) is 23.7. The van der Waals surface area contributed by atoms with Gasteiger partial charge in [-0.1, -0.05) is 66.2 Å². The molecule has 0 fully saturated rings. The zero-order valence-electron chi connectivity index (χ0n) is 19.3. The molecule has 0 aliphatic carbocycles. The van der Waals surface area contributed by atoms with Gasteiger partial charge in [0.2, 0.25) is 15.9 Å². The van der Waals surface area contributed by atoms with Gasteiger partial charge < -0.3 is 5.32 Å². The van der Waals surface area contributed by atoms with Crippen molar-refractivity contribution in [1.82, 2.24) is 4.31 Å². The van der Waals surface area contributed by atoms with Crippen LogP contribution in [0.5, 0.6) is 0 Å². The van der Waals surface area contributed by atoms with E-state index < -0.39 is 10.0 Å². The lowest BCUT2D eigenvalue weighted by molar-refractivity contribution is -0.116. The van der Waals surface area contributed by atoms with Gasteiger partial charge >= 0.3 is 0 Å². The van der Waals surface area contributed by atoms with Crippen LogP contribution in [0.2, 0.25) is 0 Å². The molecular formula is C26H30N2O3S. The van der Waals surface area contributed by atoms with Crippen LogP contribution < -0.4 is 5.32 Å². The first-order valence-corrected chi connectivity index (χ1v) is 12.0. The van der Waals surface area contributed by atoms with E-state index in [1.165, 1.54) is 4.31 Å². The van der Waals surface area contributed by atoms with Crippen LogP contribution in [-0.2, 0) is 21.4 Å². The molecule has 0 bridgehead atoms. The lowest BCUT2D eigenvalue weighted by Gasteiger charge is -2.24. The summed E-state index contributed by atoms with van der Waals surface area (Å²) in [5.74, 6) is -0.371. The van der Waals surface area contributed by atoms with Crippen molar-refractivity contribution in [3.8, 4) is 0 Å². The predicted molar refractivity (Wildman–Crippen MR) is 129 cm³/mol. The third-order valence-electron chi connectivity index (χ3n) is 5.47. The molecule has 0 aromatic heterocycles. The summed E-state index contributed by atoms with van der Waals surface area (Å²) in [6.45, 7) is 9.19. The summed E-state index contributed by atoms with van der Waals surface area (Å²) in [7, 11) is -3.91. The molecule has 6 heteroatoms. The zero-order chi connectivity index (χ0) is 23.5. The summed E-state index contributed by atoms with van der Waals surface area (Å²) < 4.78 is 28.8. The van der Waals surface area contributed by atoms with E-state index in [2.05, 4.69) is 5.32 Å². The number of carbonyl (C=O) groups excluding carboxylic acids is 1. The van der Waals surface area contributed by atoms with Gasteiger partial charge in [-0.25, -0.2) is 8.42 Å². The van der Waals surface area contributed by atoms with Crippen LogP contribution in [0.3, 0.4) is 0 Å². The molecule has 168 valence electrons. The Morgan fingerprint density at radius 2 is 1.38 bits per heavy atom. The number of nitrogens with zero attached hydrogens (tertiary/aromatic N) is 1. The standard InChI is InChI=1S/C26H30N2O3S/c1-18-14-21(4)26(22(5)15-18)32(30,31)28(16-23-12-7-6-8-13-23)17-24(29)27-25-19(2)10-9-11-20(25)3/h6-15H,16-17H2,1-5H3,(H,27,29). The lowest BCUT2D eigenvalue weighted by atomic mass is 10.1. The first-order chi connectivity index (χ1) is 15.1. The van der Waals surface area contributed by atoms with Gasteiger partial charge in [-0.15, -0.1) is 0 Å². The molecule has 32 heavy (non-hydrogen) atoms. The second kappa shape index (κ2) is 9.67. The van der Waals surface area contributed by atoms with Gasteiger partial charge in [0.05, 0.1) is 11.4 Å². The fourth-order valence-corrected chi connectivity index (χ4v) is 5.86. The Morgan fingerprint density at radius 1 is 0.812 bits per heavy atom. The Morgan fingerprint density at radius 3 is 1.94 bits per heavy atom. The lowest BCUT2D eigenvalue weighted by Crippen LogP contribution is -2.38. The average molecular weight is 451 g/mol. The van der Waals surface area contributed by atoms with Crippen LogP contribution in [0.4, 0.5) is 5.69 Å². The van der Waals surface area contributed by atoms with Crippen molar-refractivity contribution in [2.45, 2.75) is 46.1 Å². The molecule has 0 heterocycles. The molecule has 1 amide bonds. The monoisotopic (exact) mass is 450 g/mol. The van der Waals surface area contributed by atoms with Crippen LogP contribution in [0, 0.1) is 34.6 Å². The second-order valence-electron chi connectivity index (χ2n) is 8.30. The summed E-state index contributed by atoms with van der Waals surface area (Å²) in [6.07, 6.45) is 0. The minimum absolute atomic E-state index is 0.107. The molecule has 0 saturated carbocycles. The van der Waals surface area contributed by atoms with Gasteiger partial charge in [0.25, 0.3) is 0 Å². The van der Waals surface area contributed by atoms with Crippen molar-refractivity contribution in [3.05, 3.63) is 94.0 Å². The van der Waals surface area contributed by atoms with E-state index in [-0.39, 0.29) is 23.9 Å². The van der Waals surface area contributed by atoms with Crippen molar-refractivity contribution < 1.29 is 13.2 Å². The third-order valence-corrected chi connectivity index (χ3v) is 7.57. The molecule has 5 nitrogen and oxygen atoms in total. The van der Waals surface area contributed by atoms with Crippen LogP contribution >= 0.6 is 0 Å². The molecule has 0 aliphatic rings. The number of nitrogens with one attached hydrogen (secondary N) is 1. The van der Waals surface area contributed by atoms with E-state index in [1.54, 1.807) is 13.8 Å². The minimum atomic E-state index is -3.91. The molecule has 0 atom stereocenters. The van der Waals surface area contributed by atoms with Crippen LogP contribution in [0.15, 0.2) is 65.6 Å². The number of sulfonamides is 1. The molecule has 3 aromatic carbocycles. The van der Waals surface area contributed by atoms with E-state index in [0.29, 0.717) is 11.1 Å². The highest BCUT2D eigenvalue weighted by Crippen LogP contribution is 2.27. The Hall–Kier alpha value is -2.96. The van der Waals surface area contributed by atoms with Crippen molar-refractivity contribution in [3.63, 3.8) is 0 Å². The first-order valence-electron chi connectivity index (χ1n) is 10.6. The molecule has 1 N–H and O–H groups in total. The Balaban J connectivity index is 1.98. The molecule has 0 aliphatic heterocycles. The van der Waals surface area contributed by atoms with Crippen LogP contribution in [0.1, 0.15) is 33.4 Å². The van der Waals surface area contributed by atoms with Gasteiger partial charge in [-0.3, -0.25) is 4.79 Å². The van der Waals surface area contributed by atoms with E-state index >= 15 is 0 Å². The maximum absolute atomic E-state index is 13.8. The largest absolute Gasteiger partial charge is 0.324 e. The van der Waals surface area contributed by atoms with E-state index in [1.807, 2.05) is 81.4 Å². The fourth-order valence-electron chi connectivity index (χ4n) is 4.07. The molecular weight excluding hydrogens is 420 g/mol. The number of anilines is 1. The predicted octanol–water partition coefficient (Wildman–Crippen LogP) is 5.06. The van der Waals surface area contributed by atoms with E-state index in [4.69, 9.17) is 0 Å². The topological polar surface area (TPSA) is 66.5 Å². The summed E-state index contributed by atoms with van der Waals surface area (Å²) >= 11 is 0. The maximum Gasteiger partial charge on any atom is 0.244 e. The number of carbonyl (C=O) groups is 1. The van der Waals surface area contributed by atoms with Gasteiger partial charge in [0.15, 0.2) is 0 Å². The van der Waals surface area contributed by atoms with Crippen molar-refractivity contribution >= 4 is 21.6 Å². The Bertz CT molecular complexity index is 1190. The smallest absolute Gasteiger partial charge is 0.244 e. The van der Waals surface area contributed by atoms with Gasteiger partial charge in [-0.05, 0) is 62.4 Å². The molecule has 3 aromatic rings. The Labute approximate surface area is 191 Å². The van der Waals surface area contributed by atoms with Crippen LogP contribution in [-0.4, -0.2) is 25.2 Å². The molecule has 0 saturated heterocycles. The Kier molecular flexibility index (Phi) is 7.16. The average Bonchev–Trinajstić information content (AvgIpc) is 2.70. The quantitative estimate of drug-likeness (QED) is 0.547. The van der Waals surface area contributed by atoms with Crippen LogP contribution in [0.25, 0.3) is 0 Å². The highest BCUT2D eigenvalue weighted by molar-refractivity contribution is 7.89. The highest BCUT2D eigenvalue weighted by atomic mass is 32.2. The van der Waals surface area contributed by atoms with E-state index in [0.717, 1.165) is 27.9 Å². The summed E-state index contributed by atoms with van der Waals surface area (Å²) in [6, 6.07) is 18.8. The highest BCUT2D eigenvalue weighted by Gasteiger charge is 2.30. The zero-order valence-corrected chi connectivity index (χ0v) is 20.1. The molecule has 0 unspecified atom stereocenters. The number of amides is 1. The third kappa shape index (κ3) is 5.26. The van der Waals surface area contributed by atoms with Crippen molar-refractivity contribution in [2.75, 3.05) is 11.9 Å². The summed E-state index contributed by atoms with van der Waals surface area (Å²) in [5, 5.41) is 2.91. The number of para-hydroxylation sites is 1. The second-order valence-corrected chi connectivity index (χ2v) is 10.2. The van der Waals surface area contributed by atoms with Gasteiger partial charge in [-0.2, -0.15) is 4.31 Å². The minimum Gasteiger partial charge on any atom is -0.324 e. The van der Waals surface area contributed by atoms with Gasteiger partial charge in [0.1, 0.15) is 0 Å². The molecule has 0 radical (unpaired) electrons. The van der Waals surface area contributed by atoms with Crippen molar-refractivity contribution in [1.29, 1.82) is 0 Å². The molecule has 0 spiro atoms.